The number of nitrogens with one attached hydrogen (secondary N) is 1. The number of hydrogen-bond acceptors (Lipinski definition) is 5. The van der Waals surface area contributed by atoms with Crippen LogP contribution in [-0.2, 0) is 11.8 Å². The minimum Gasteiger partial charge on any atom is -0.480 e. The van der Waals surface area contributed by atoms with Gasteiger partial charge in [-0.3, -0.25) is 4.79 Å². The summed E-state index contributed by atoms with van der Waals surface area (Å²) in [6.07, 6.45) is 1.59. The van der Waals surface area contributed by atoms with Crippen molar-refractivity contribution < 1.29 is 9.90 Å². The topological polar surface area (TPSA) is 80.0 Å². The van der Waals surface area contributed by atoms with Gasteiger partial charge >= 0.3 is 5.97 Å². The molecule has 0 radical (unpaired) electrons. The molecule has 7 heteroatoms. The second-order valence-corrected chi connectivity index (χ2v) is 4.62. The second-order valence-electron chi connectivity index (χ2n) is 3.68. The Kier molecular flexibility index (Phi) is 4.31. The highest BCUT2D eigenvalue weighted by Gasteiger charge is 2.32. The van der Waals surface area contributed by atoms with Crippen LogP contribution in [0.25, 0.3) is 0 Å². The Labute approximate surface area is 98.4 Å². The Hall–Kier alpha value is -1.08. The molecule has 2 N–H and O–H groups in total. The molecule has 1 heterocycles. The molecule has 1 atom stereocenters. The van der Waals surface area contributed by atoms with Crippen molar-refractivity contribution in [3.05, 3.63) is 6.33 Å². The van der Waals surface area contributed by atoms with E-state index >= 15 is 0 Å². The first-order valence-corrected chi connectivity index (χ1v) is 5.93. The van der Waals surface area contributed by atoms with Gasteiger partial charge < -0.3 is 15.0 Å². The Morgan fingerprint density at radius 1 is 1.75 bits per heavy atom. The first-order valence-electron chi connectivity index (χ1n) is 4.95. The molecule has 0 amide bonds. The Morgan fingerprint density at radius 3 is 2.88 bits per heavy atom. The number of carbonyl (C=O) groups is 1. The van der Waals surface area contributed by atoms with E-state index in [9.17, 15) is 4.79 Å². The minimum atomic E-state index is -0.939. The van der Waals surface area contributed by atoms with Crippen LogP contribution in [0, 0.1) is 0 Å². The smallest absolute Gasteiger partial charge is 0.324 e. The van der Waals surface area contributed by atoms with Crippen LogP contribution >= 0.6 is 11.8 Å². The number of hydrogen-bond donors (Lipinski definition) is 2. The number of carboxylic acids is 1. The van der Waals surface area contributed by atoms with E-state index in [1.807, 2.05) is 14.0 Å². The SMILES string of the molecule is CCNC(C)(CSc1nncn1C)C(=O)O. The highest BCUT2D eigenvalue weighted by atomic mass is 32.2. The van der Waals surface area contributed by atoms with Crippen molar-refractivity contribution in [2.24, 2.45) is 7.05 Å². The van der Waals surface area contributed by atoms with Gasteiger partial charge in [-0.15, -0.1) is 10.2 Å². The highest BCUT2D eigenvalue weighted by molar-refractivity contribution is 7.99. The van der Waals surface area contributed by atoms with Crippen LogP contribution in [0.1, 0.15) is 13.8 Å². The van der Waals surface area contributed by atoms with Gasteiger partial charge in [-0.2, -0.15) is 0 Å². The number of likely N-dealkylation sites (N-methyl/N-ethyl adjacent to an activating group) is 1. The lowest BCUT2D eigenvalue weighted by molar-refractivity contribution is -0.143. The molecule has 1 aromatic heterocycles. The van der Waals surface area contributed by atoms with E-state index in [0.717, 1.165) is 0 Å². The first kappa shape index (κ1) is 13.0. The molecule has 6 nitrogen and oxygen atoms in total. The Balaban J connectivity index is 2.64. The van der Waals surface area contributed by atoms with Gasteiger partial charge in [0.1, 0.15) is 11.9 Å². The van der Waals surface area contributed by atoms with Gasteiger partial charge in [0.25, 0.3) is 0 Å². The summed E-state index contributed by atoms with van der Waals surface area (Å²) < 4.78 is 1.76. The summed E-state index contributed by atoms with van der Waals surface area (Å²) in [5.41, 5.74) is -0.939. The average molecular weight is 244 g/mol. The van der Waals surface area contributed by atoms with Crippen LogP contribution < -0.4 is 5.32 Å². The molecule has 0 saturated heterocycles. The number of aromatic nitrogens is 3. The molecule has 16 heavy (non-hydrogen) atoms. The maximum absolute atomic E-state index is 11.1. The Morgan fingerprint density at radius 2 is 2.44 bits per heavy atom. The third-order valence-corrected chi connectivity index (χ3v) is 3.55. The second kappa shape index (κ2) is 5.31. The zero-order valence-electron chi connectivity index (χ0n) is 9.60. The van der Waals surface area contributed by atoms with Crippen LogP contribution in [0.3, 0.4) is 0 Å². The molecule has 0 bridgehead atoms. The highest BCUT2D eigenvalue weighted by Crippen LogP contribution is 2.20. The summed E-state index contributed by atoms with van der Waals surface area (Å²) in [6, 6.07) is 0. The van der Waals surface area contributed by atoms with Crippen molar-refractivity contribution in [1.29, 1.82) is 0 Å². The van der Waals surface area contributed by atoms with E-state index in [1.54, 1.807) is 17.8 Å². The van der Waals surface area contributed by atoms with Crippen molar-refractivity contribution in [2.45, 2.75) is 24.5 Å². The molecule has 0 aliphatic heterocycles. The summed E-state index contributed by atoms with van der Waals surface area (Å²) in [5.74, 6) is -0.452. The van der Waals surface area contributed by atoms with Crippen LogP contribution in [0.4, 0.5) is 0 Å². The van der Waals surface area contributed by atoms with Gasteiger partial charge in [0.2, 0.25) is 0 Å². The molecule has 1 rings (SSSR count). The van der Waals surface area contributed by atoms with E-state index in [-0.39, 0.29) is 0 Å². The van der Waals surface area contributed by atoms with Crippen molar-refractivity contribution >= 4 is 17.7 Å². The van der Waals surface area contributed by atoms with Gasteiger partial charge in [0, 0.05) is 12.8 Å². The molecule has 0 saturated carbocycles. The lowest BCUT2D eigenvalue weighted by Crippen LogP contribution is -2.51. The summed E-state index contributed by atoms with van der Waals surface area (Å²) in [4.78, 5) is 11.1. The molecule has 0 spiro atoms. The van der Waals surface area contributed by atoms with Gasteiger partial charge in [0.15, 0.2) is 5.16 Å². The van der Waals surface area contributed by atoms with Crippen molar-refractivity contribution in [2.75, 3.05) is 12.3 Å². The number of aliphatic carboxylic acids is 1. The molecule has 0 aliphatic carbocycles. The Bertz CT molecular complexity index is 368. The maximum atomic E-state index is 11.1. The van der Waals surface area contributed by atoms with E-state index in [0.29, 0.717) is 17.5 Å². The van der Waals surface area contributed by atoms with Crippen LogP contribution in [0.2, 0.25) is 0 Å². The summed E-state index contributed by atoms with van der Waals surface area (Å²) in [7, 11) is 1.83. The summed E-state index contributed by atoms with van der Waals surface area (Å²) in [5, 5.41) is 20.4. The van der Waals surface area contributed by atoms with Crippen molar-refractivity contribution in [3.8, 4) is 0 Å². The fraction of sp³-hybridized carbons (Fsp3) is 0.667. The third-order valence-electron chi connectivity index (χ3n) is 2.20. The first-order chi connectivity index (χ1) is 7.49. The lowest BCUT2D eigenvalue weighted by Gasteiger charge is -2.24. The zero-order chi connectivity index (χ0) is 12.2. The van der Waals surface area contributed by atoms with Crippen molar-refractivity contribution in [1.82, 2.24) is 20.1 Å². The predicted molar refractivity (Wildman–Crippen MR) is 61.4 cm³/mol. The monoisotopic (exact) mass is 244 g/mol. The molecule has 1 aromatic rings. The van der Waals surface area contributed by atoms with E-state index in [1.165, 1.54) is 11.8 Å². The maximum Gasteiger partial charge on any atom is 0.324 e. The number of rotatable bonds is 6. The molecular formula is C9H16N4O2S. The number of thioether (sulfide) groups is 1. The van der Waals surface area contributed by atoms with E-state index < -0.39 is 11.5 Å². The number of nitrogens with zero attached hydrogens (tertiary/aromatic N) is 3. The molecule has 90 valence electrons. The normalized spacial score (nSPS) is 14.7. The fourth-order valence-corrected chi connectivity index (χ4v) is 2.19. The minimum absolute atomic E-state index is 0.405. The quantitative estimate of drug-likeness (QED) is 0.703. The number of carboxylic acid groups (broad SMARTS) is 1. The zero-order valence-corrected chi connectivity index (χ0v) is 10.4. The molecular weight excluding hydrogens is 228 g/mol. The number of aryl methyl sites for hydroxylation is 1. The van der Waals surface area contributed by atoms with Crippen LogP contribution in [-0.4, -0.2) is 43.7 Å². The largest absolute Gasteiger partial charge is 0.480 e. The van der Waals surface area contributed by atoms with Gasteiger partial charge in [-0.1, -0.05) is 18.7 Å². The fourth-order valence-electron chi connectivity index (χ4n) is 1.19. The molecule has 0 aromatic carbocycles. The third kappa shape index (κ3) is 2.96. The van der Waals surface area contributed by atoms with Crippen LogP contribution in [0.5, 0.6) is 0 Å². The van der Waals surface area contributed by atoms with E-state index in [4.69, 9.17) is 5.11 Å². The van der Waals surface area contributed by atoms with Gasteiger partial charge in [0.05, 0.1) is 0 Å². The lowest BCUT2D eigenvalue weighted by atomic mass is 10.1. The summed E-state index contributed by atoms with van der Waals surface area (Å²) in [6.45, 7) is 4.17. The van der Waals surface area contributed by atoms with Crippen molar-refractivity contribution in [3.63, 3.8) is 0 Å². The van der Waals surface area contributed by atoms with E-state index in [2.05, 4.69) is 15.5 Å². The summed E-state index contributed by atoms with van der Waals surface area (Å²) >= 11 is 1.37. The predicted octanol–water partition coefficient (Wildman–Crippen LogP) is 0.360. The van der Waals surface area contributed by atoms with Gasteiger partial charge in [-0.05, 0) is 13.5 Å². The molecule has 1 unspecified atom stereocenters. The van der Waals surface area contributed by atoms with Gasteiger partial charge in [-0.25, -0.2) is 0 Å². The molecule has 0 aliphatic rings. The molecule has 0 fully saturated rings. The van der Waals surface area contributed by atoms with Crippen LogP contribution in [0.15, 0.2) is 11.5 Å². The average Bonchev–Trinajstić information content (AvgIpc) is 2.61. The standard InChI is InChI=1S/C9H16N4O2S/c1-4-10-9(2,7(14)15)5-16-8-12-11-6-13(8)3/h6,10H,4-5H2,1-3H3,(H,14,15).